The summed E-state index contributed by atoms with van der Waals surface area (Å²) in [6, 6.07) is -0.421. The number of hydrogen-bond donors (Lipinski definition) is 1. The van der Waals surface area contributed by atoms with Gasteiger partial charge >= 0.3 is 5.97 Å². The first-order chi connectivity index (χ1) is 5.22. The molecule has 12 heavy (non-hydrogen) atoms. The third kappa shape index (κ3) is 6.43. The van der Waals surface area contributed by atoms with Crippen molar-refractivity contribution in [2.75, 3.05) is 6.61 Å². The summed E-state index contributed by atoms with van der Waals surface area (Å²) in [6.07, 6.45) is 2.78. The Bertz CT molecular complexity index is 120. The number of hydrogen-bond acceptors (Lipinski definition) is 3. The molecular formula is C8H18ClNO2. The summed E-state index contributed by atoms with van der Waals surface area (Å²) >= 11 is 0. The minimum atomic E-state index is -0.421. The quantitative estimate of drug-likeness (QED) is 0.677. The molecule has 74 valence electrons. The molecule has 0 unspecified atom stereocenters. The molecule has 0 saturated carbocycles. The van der Waals surface area contributed by atoms with Crippen LogP contribution in [0.15, 0.2) is 0 Å². The summed E-state index contributed by atoms with van der Waals surface area (Å²) < 4.78 is 4.74. The number of nitrogens with two attached hydrogens (primary N) is 1. The Labute approximate surface area is 80.1 Å². The van der Waals surface area contributed by atoms with Crippen LogP contribution in [0, 0.1) is 0 Å². The second-order valence-corrected chi connectivity index (χ2v) is 2.50. The molecule has 0 aromatic rings. The molecule has 0 heterocycles. The van der Waals surface area contributed by atoms with Gasteiger partial charge in [0.1, 0.15) is 6.04 Å². The Hall–Kier alpha value is -0.280. The maximum atomic E-state index is 10.9. The molecule has 0 amide bonds. The van der Waals surface area contributed by atoms with Gasteiger partial charge in [-0.3, -0.25) is 4.79 Å². The van der Waals surface area contributed by atoms with Crippen molar-refractivity contribution < 1.29 is 9.53 Å². The molecule has 4 heteroatoms. The SMILES string of the molecule is CCCC[C@H](N)C(=O)OCC.Cl. The standard InChI is InChI=1S/C8H17NO2.ClH/c1-3-5-6-7(9)8(10)11-4-2;/h7H,3-6,9H2,1-2H3;1H/t7-;/m0./s1. The van der Waals surface area contributed by atoms with E-state index in [-0.39, 0.29) is 18.4 Å². The highest BCUT2D eigenvalue weighted by Gasteiger charge is 2.12. The lowest BCUT2D eigenvalue weighted by atomic mass is 10.1. The van der Waals surface area contributed by atoms with Gasteiger partial charge in [0.15, 0.2) is 0 Å². The highest BCUT2D eigenvalue weighted by atomic mass is 35.5. The Morgan fingerprint density at radius 2 is 2.08 bits per heavy atom. The minimum absolute atomic E-state index is 0. The number of esters is 1. The van der Waals surface area contributed by atoms with Crippen molar-refractivity contribution in [3.05, 3.63) is 0 Å². The van der Waals surface area contributed by atoms with Crippen molar-refractivity contribution in [2.45, 2.75) is 39.2 Å². The first-order valence-electron chi connectivity index (χ1n) is 4.14. The van der Waals surface area contributed by atoms with E-state index >= 15 is 0 Å². The van der Waals surface area contributed by atoms with Crippen LogP contribution in [0.4, 0.5) is 0 Å². The van der Waals surface area contributed by atoms with Gasteiger partial charge in [0.05, 0.1) is 6.61 Å². The van der Waals surface area contributed by atoms with Crippen molar-refractivity contribution in [3.8, 4) is 0 Å². The maximum absolute atomic E-state index is 10.9. The Morgan fingerprint density at radius 1 is 1.50 bits per heavy atom. The molecule has 0 aliphatic carbocycles. The molecule has 0 aromatic carbocycles. The predicted octanol–water partition coefficient (Wildman–Crippen LogP) is 1.49. The van der Waals surface area contributed by atoms with Crippen LogP contribution < -0.4 is 5.73 Å². The van der Waals surface area contributed by atoms with Gasteiger partial charge in [0.25, 0.3) is 0 Å². The van der Waals surface area contributed by atoms with E-state index in [1.807, 2.05) is 0 Å². The minimum Gasteiger partial charge on any atom is -0.465 e. The fraction of sp³-hybridized carbons (Fsp3) is 0.875. The number of carbonyl (C=O) groups excluding carboxylic acids is 1. The van der Waals surface area contributed by atoms with Gasteiger partial charge in [0, 0.05) is 0 Å². The summed E-state index contributed by atoms with van der Waals surface area (Å²) in [4.78, 5) is 10.9. The Balaban J connectivity index is 0. The summed E-state index contributed by atoms with van der Waals surface area (Å²) in [6.45, 7) is 4.26. The molecule has 0 fully saturated rings. The molecule has 2 N–H and O–H groups in total. The van der Waals surface area contributed by atoms with Crippen LogP contribution in [-0.2, 0) is 9.53 Å². The molecule has 0 saturated heterocycles. The van der Waals surface area contributed by atoms with Crippen molar-refractivity contribution in [2.24, 2.45) is 5.73 Å². The van der Waals surface area contributed by atoms with E-state index in [1.165, 1.54) is 0 Å². The zero-order chi connectivity index (χ0) is 8.69. The van der Waals surface area contributed by atoms with Crippen LogP contribution in [0.5, 0.6) is 0 Å². The van der Waals surface area contributed by atoms with Gasteiger partial charge in [0.2, 0.25) is 0 Å². The smallest absolute Gasteiger partial charge is 0.322 e. The Kier molecular flexibility index (Phi) is 10.5. The zero-order valence-corrected chi connectivity index (χ0v) is 8.52. The van der Waals surface area contributed by atoms with Gasteiger partial charge in [-0.2, -0.15) is 0 Å². The molecule has 0 aliphatic heterocycles. The van der Waals surface area contributed by atoms with Crippen molar-refractivity contribution >= 4 is 18.4 Å². The van der Waals surface area contributed by atoms with Crippen LogP contribution in [0.3, 0.4) is 0 Å². The van der Waals surface area contributed by atoms with Crippen LogP contribution in [0.2, 0.25) is 0 Å². The average Bonchev–Trinajstić information content (AvgIpc) is 2.00. The topological polar surface area (TPSA) is 52.3 Å². The van der Waals surface area contributed by atoms with Crippen LogP contribution in [-0.4, -0.2) is 18.6 Å². The second-order valence-electron chi connectivity index (χ2n) is 2.50. The van der Waals surface area contributed by atoms with E-state index in [1.54, 1.807) is 6.92 Å². The van der Waals surface area contributed by atoms with Crippen molar-refractivity contribution in [1.82, 2.24) is 0 Å². The van der Waals surface area contributed by atoms with Gasteiger partial charge in [-0.25, -0.2) is 0 Å². The molecular weight excluding hydrogens is 178 g/mol. The first-order valence-corrected chi connectivity index (χ1v) is 4.14. The lowest BCUT2D eigenvalue weighted by Gasteiger charge is -2.08. The third-order valence-electron chi connectivity index (χ3n) is 1.46. The van der Waals surface area contributed by atoms with Gasteiger partial charge in [-0.1, -0.05) is 19.8 Å². The summed E-state index contributed by atoms with van der Waals surface area (Å²) in [7, 11) is 0. The van der Waals surface area contributed by atoms with Gasteiger partial charge in [-0.15, -0.1) is 12.4 Å². The normalized spacial score (nSPS) is 11.6. The highest BCUT2D eigenvalue weighted by molar-refractivity contribution is 5.85. The van der Waals surface area contributed by atoms with Crippen LogP contribution >= 0.6 is 12.4 Å². The summed E-state index contributed by atoms with van der Waals surface area (Å²) in [5.74, 6) is -0.277. The fourth-order valence-electron chi connectivity index (χ4n) is 0.791. The zero-order valence-electron chi connectivity index (χ0n) is 7.71. The summed E-state index contributed by atoms with van der Waals surface area (Å²) in [5.41, 5.74) is 5.51. The van der Waals surface area contributed by atoms with E-state index < -0.39 is 6.04 Å². The number of unbranched alkanes of at least 4 members (excludes halogenated alkanes) is 1. The lowest BCUT2D eigenvalue weighted by Crippen LogP contribution is -2.32. The van der Waals surface area contributed by atoms with Crippen LogP contribution in [0.1, 0.15) is 33.1 Å². The molecule has 0 aromatic heterocycles. The number of halogens is 1. The molecule has 0 rings (SSSR count). The van der Waals surface area contributed by atoms with Crippen molar-refractivity contribution in [3.63, 3.8) is 0 Å². The number of ether oxygens (including phenoxy) is 1. The van der Waals surface area contributed by atoms with Crippen molar-refractivity contribution in [1.29, 1.82) is 0 Å². The van der Waals surface area contributed by atoms with Gasteiger partial charge < -0.3 is 10.5 Å². The van der Waals surface area contributed by atoms with E-state index in [4.69, 9.17) is 10.5 Å². The Morgan fingerprint density at radius 3 is 2.50 bits per heavy atom. The van der Waals surface area contributed by atoms with E-state index in [0.717, 1.165) is 19.3 Å². The lowest BCUT2D eigenvalue weighted by molar-refractivity contribution is -0.144. The molecule has 0 radical (unpaired) electrons. The maximum Gasteiger partial charge on any atom is 0.322 e. The second kappa shape index (κ2) is 8.81. The number of rotatable bonds is 5. The van der Waals surface area contributed by atoms with E-state index in [9.17, 15) is 4.79 Å². The molecule has 1 atom stereocenters. The van der Waals surface area contributed by atoms with Crippen LogP contribution in [0.25, 0.3) is 0 Å². The molecule has 0 spiro atoms. The largest absolute Gasteiger partial charge is 0.465 e. The monoisotopic (exact) mass is 195 g/mol. The third-order valence-corrected chi connectivity index (χ3v) is 1.46. The molecule has 3 nitrogen and oxygen atoms in total. The predicted molar refractivity (Wildman–Crippen MR) is 51.4 cm³/mol. The average molecular weight is 196 g/mol. The highest BCUT2D eigenvalue weighted by Crippen LogP contribution is 1.99. The first kappa shape index (κ1) is 14.3. The van der Waals surface area contributed by atoms with E-state index in [2.05, 4.69) is 6.92 Å². The summed E-state index contributed by atoms with van der Waals surface area (Å²) in [5, 5.41) is 0. The fourth-order valence-corrected chi connectivity index (χ4v) is 0.791. The number of carbonyl (C=O) groups is 1. The molecule has 0 bridgehead atoms. The van der Waals surface area contributed by atoms with Gasteiger partial charge in [-0.05, 0) is 13.3 Å². The molecule has 0 aliphatic rings. The van der Waals surface area contributed by atoms with E-state index in [0.29, 0.717) is 6.61 Å².